The molecule has 112 valence electrons. The summed E-state index contributed by atoms with van der Waals surface area (Å²) in [6.07, 6.45) is 1.56. The molecule has 1 fully saturated rings. The third kappa shape index (κ3) is 2.33. The van der Waals surface area contributed by atoms with Crippen LogP contribution in [0.3, 0.4) is 0 Å². The fourth-order valence-corrected chi connectivity index (χ4v) is 2.74. The monoisotopic (exact) mass is 293 g/mol. The van der Waals surface area contributed by atoms with Crippen LogP contribution in [0.1, 0.15) is 13.8 Å². The van der Waals surface area contributed by atoms with E-state index in [1.54, 1.807) is 6.20 Å². The predicted octanol–water partition coefficient (Wildman–Crippen LogP) is 2.36. The highest BCUT2D eigenvalue weighted by molar-refractivity contribution is 5.75. The first-order valence-electron chi connectivity index (χ1n) is 6.90. The van der Waals surface area contributed by atoms with E-state index in [1.807, 2.05) is 11.8 Å². The predicted molar refractivity (Wildman–Crippen MR) is 76.0 cm³/mol. The van der Waals surface area contributed by atoms with Crippen LogP contribution in [-0.4, -0.2) is 34.8 Å². The smallest absolute Gasteiger partial charge is 0.161 e. The Bertz CT molecular complexity index is 694. The molecule has 3 rings (SSSR count). The van der Waals surface area contributed by atoms with Gasteiger partial charge in [0, 0.05) is 30.6 Å². The molecule has 2 unspecified atom stereocenters. The number of fused-ring (bicyclic) bond motifs is 1. The summed E-state index contributed by atoms with van der Waals surface area (Å²) in [6, 6.07) is 2.11. The van der Waals surface area contributed by atoms with Crippen LogP contribution in [0.2, 0.25) is 0 Å². The molecular weight excluding hydrogens is 276 g/mol. The average molecular weight is 293 g/mol. The molecule has 2 heterocycles. The molecule has 0 aliphatic carbocycles. The van der Waals surface area contributed by atoms with Crippen LogP contribution in [0.4, 0.5) is 14.6 Å². The molecular formula is C15H17F2N3O. The topological polar surface area (TPSA) is 49.2 Å². The summed E-state index contributed by atoms with van der Waals surface area (Å²) in [5.41, 5.74) is 0.469. The highest BCUT2D eigenvalue weighted by atomic mass is 19.2. The van der Waals surface area contributed by atoms with E-state index in [2.05, 4.69) is 16.9 Å². The van der Waals surface area contributed by atoms with Crippen molar-refractivity contribution < 1.29 is 13.9 Å². The summed E-state index contributed by atoms with van der Waals surface area (Å²) in [5, 5.41) is 9.55. The quantitative estimate of drug-likeness (QED) is 0.923. The second-order valence-corrected chi connectivity index (χ2v) is 6.08. The van der Waals surface area contributed by atoms with Gasteiger partial charge in [-0.15, -0.1) is 0 Å². The molecule has 1 aromatic carbocycles. The molecule has 1 aliphatic heterocycles. The summed E-state index contributed by atoms with van der Waals surface area (Å²) in [5.74, 6) is -0.918. The van der Waals surface area contributed by atoms with Crippen molar-refractivity contribution >= 4 is 16.9 Å². The third-order valence-electron chi connectivity index (χ3n) is 4.49. The van der Waals surface area contributed by atoms with Crippen molar-refractivity contribution in [2.75, 3.05) is 24.6 Å². The number of hydrogen-bond donors (Lipinski definition) is 1. The van der Waals surface area contributed by atoms with Crippen LogP contribution < -0.4 is 4.90 Å². The maximum absolute atomic E-state index is 13.3. The van der Waals surface area contributed by atoms with Crippen LogP contribution in [0.15, 0.2) is 18.3 Å². The minimum atomic E-state index is -0.927. The van der Waals surface area contributed by atoms with E-state index in [9.17, 15) is 13.9 Å². The fraction of sp³-hybridized carbons (Fsp3) is 0.467. The second-order valence-electron chi connectivity index (χ2n) is 6.08. The first-order chi connectivity index (χ1) is 9.93. The van der Waals surface area contributed by atoms with Gasteiger partial charge in [-0.25, -0.2) is 13.8 Å². The van der Waals surface area contributed by atoms with Crippen molar-refractivity contribution in [3.8, 4) is 0 Å². The Morgan fingerprint density at radius 3 is 2.62 bits per heavy atom. The lowest BCUT2D eigenvalue weighted by Crippen LogP contribution is -2.30. The zero-order chi connectivity index (χ0) is 15.2. The number of aliphatic hydroxyl groups is 1. The summed E-state index contributed by atoms with van der Waals surface area (Å²) in [4.78, 5) is 10.5. The van der Waals surface area contributed by atoms with Crippen molar-refractivity contribution in [3.05, 3.63) is 30.0 Å². The highest BCUT2D eigenvalue weighted by Crippen LogP contribution is 2.36. The lowest BCUT2D eigenvalue weighted by Gasteiger charge is -2.25. The molecule has 2 aromatic rings. The third-order valence-corrected chi connectivity index (χ3v) is 4.49. The lowest BCUT2D eigenvalue weighted by molar-refractivity contribution is 0.125. The van der Waals surface area contributed by atoms with Crippen molar-refractivity contribution in [2.45, 2.75) is 13.8 Å². The molecule has 21 heavy (non-hydrogen) atoms. The molecule has 1 saturated heterocycles. The fourth-order valence-electron chi connectivity index (χ4n) is 2.74. The zero-order valence-corrected chi connectivity index (χ0v) is 12.0. The summed E-state index contributed by atoms with van der Waals surface area (Å²) in [6.45, 7) is 5.63. The second kappa shape index (κ2) is 4.87. The van der Waals surface area contributed by atoms with Gasteiger partial charge in [-0.2, -0.15) is 0 Å². The molecule has 1 aliphatic rings. The van der Waals surface area contributed by atoms with Gasteiger partial charge >= 0.3 is 0 Å². The van der Waals surface area contributed by atoms with E-state index in [4.69, 9.17) is 0 Å². The Hall–Kier alpha value is -1.82. The van der Waals surface area contributed by atoms with Gasteiger partial charge in [-0.1, -0.05) is 13.8 Å². The minimum Gasteiger partial charge on any atom is -0.396 e. The SMILES string of the molecule is CC1CN(c2cnc3cc(F)c(F)cc3n2)CC1(C)CO. The molecule has 0 spiro atoms. The van der Waals surface area contributed by atoms with Gasteiger partial charge in [0.15, 0.2) is 11.6 Å². The van der Waals surface area contributed by atoms with Gasteiger partial charge in [0.25, 0.3) is 0 Å². The van der Waals surface area contributed by atoms with Gasteiger partial charge in [0.2, 0.25) is 0 Å². The van der Waals surface area contributed by atoms with E-state index < -0.39 is 11.6 Å². The minimum absolute atomic E-state index is 0.103. The summed E-state index contributed by atoms with van der Waals surface area (Å²) < 4.78 is 26.5. The Morgan fingerprint density at radius 1 is 1.33 bits per heavy atom. The number of aliphatic hydroxyl groups excluding tert-OH is 1. The number of aromatic nitrogens is 2. The number of nitrogens with zero attached hydrogens (tertiary/aromatic N) is 3. The number of anilines is 1. The van der Waals surface area contributed by atoms with Gasteiger partial charge < -0.3 is 10.0 Å². The first-order valence-corrected chi connectivity index (χ1v) is 6.90. The Balaban J connectivity index is 1.97. The Kier molecular flexibility index (Phi) is 3.28. The number of halogens is 2. The van der Waals surface area contributed by atoms with E-state index in [0.717, 1.165) is 18.7 Å². The normalized spacial score (nSPS) is 25.8. The van der Waals surface area contributed by atoms with Crippen molar-refractivity contribution in [2.24, 2.45) is 11.3 Å². The molecule has 0 radical (unpaired) electrons. The Morgan fingerprint density at radius 2 is 2.00 bits per heavy atom. The Labute approximate surface area is 121 Å². The van der Waals surface area contributed by atoms with Crippen molar-refractivity contribution in [3.63, 3.8) is 0 Å². The molecule has 0 bridgehead atoms. The maximum Gasteiger partial charge on any atom is 0.161 e. The van der Waals surface area contributed by atoms with Crippen LogP contribution >= 0.6 is 0 Å². The number of benzene rings is 1. The van der Waals surface area contributed by atoms with E-state index in [1.165, 1.54) is 0 Å². The van der Waals surface area contributed by atoms with Gasteiger partial charge in [-0.3, -0.25) is 4.98 Å². The largest absolute Gasteiger partial charge is 0.396 e. The van der Waals surface area contributed by atoms with Crippen LogP contribution in [0.5, 0.6) is 0 Å². The lowest BCUT2D eigenvalue weighted by atomic mass is 9.82. The van der Waals surface area contributed by atoms with Crippen LogP contribution in [0.25, 0.3) is 11.0 Å². The molecule has 0 saturated carbocycles. The molecule has 2 atom stereocenters. The van der Waals surface area contributed by atoms with Crippen LogP contribution in [-0.2, 0) is 0 Å². The van der Waals surface area contributed by atoms with Gasteiger partial charge in [-0.05, 0) is 5.92 Å². The first kappa shape index (κ1) is 14.1. The average Bonchev–Trinajstić information content (AvgIpc) is 2.76. The van der Waals surface area contributed by atoms with Crippen LogP contribution in [0, 0.1) is 23.0 Å². The van der Waals surface area contributed by atoms with Gasteiger partial charge in [0.1, 0.15) is 5.82 Å². The zero-order valence-electron chi connectivity index (χ0n) is 12.0. The van der Waals surface area contributed by atoms with Crippen molar-refractivity contribution in [1.82, 2.24) is 9.97 Å². The number of hydrogen-bond acceptors (Lipinski definition) is 4. The van der Waals surface area contributed by atoms with Gasteiger partial charge in [0.05, 0.1) is 23.8 Å². The molecule has 1 N–H and O–H groups in total. The molecule has 0 amide bonds. The van der Waals surface area contributed by atoms with E-state index >= 15 is 0 Å². The maximum atomic E-state index is 13.3. The summed E-state index contributed by atoms with van der Waals surface area (Å²) >= 11 is 0. The standard InChI is InChI=1S/C15H17F2N3O/c1-9-6-20(7-15(9,2)8-21)14-5-18-12-3-10(16)11(17)4-13(12)19-14/h3-5,9,21H,6-8H2,1-2H3. The number of rotatable bonds is 2. The molecule has 6 heteroatoms. The molecule has 1 aromatic heterocycles. The highest BCUT2D eigenvalue weighted by Gasteiger charge is 2.40. The van der Waals surface area contributed by atoms with E-state index in [-0.39, 0.29) is 12.0 Å². The summed E-state index contributed by atoms with van der Waals surface area (Å²) in [7, 11) is 0. The van der Waals surface area contributed by atoms with Crippen molar-refractivity contribution in [1.29, 1.82) is 0 Å². The molecule has 4 nitrogen and oxygen atoms in total. The van der Waals surface area contributed by atoms with E-state index in [0.29, 0.717) is 29.3 Å².